The van der Waals surface area contributed by atoms with Crippen molar-refractivity contribution in [1.82, 2.24) is 4.90 Å². The molecule has 1 aromatic rings. The fourth-order valence-corrected chi connectivity index (χ4v) is 3.99. The normalized spacial score (nSPS) is 26.0. The number of likely N-dealkylation sites (tertiary alicyclic amines) is 1. The minimum absolute atomic E-state index is 0.0667. The van der Waals surface area contributed by atoms with Crippen LogP contribution in [0.25, 0.3) is 0 Å². The summed E-state index contributed by atoms with van der Waals surface area (Å²) in [5.41, 5.74) is -0.816. The van der Waals surface area contributed by atoms with Gasteiger partial charge in [-0.15, -0.1) is 0 Å². The van der Waals surface area contributed by atoms with E-state index in [1.165, 1.54) is 6.07 Å². The van der Waals surface area contributed by atoms with Crippen molar-refractivity contribution in [2.24, 2.45) is 0 Å². The molecular weight excluding hydrogens is 325 g/mol. The SMILES string of the molecule is COCC1(O)CCOC2(CCN(C(=O)Cc3ccccc3F)CC2)C1. The van der Waals surface area contributed by atoms with Crippen LogP contribution < -0.4 is 0 Å². The Morgan fingerprint density at radius 3 is 2.72 bits per heavy atom. The number of hydrogen-bond donors (Lipinski definition) is 1. The van der Waals surface area contributed by atoms with E-state index in [2.05, 4.69) is 0 Å². The zero-order valence-corrected chi connectivity index (χ0v) is 14.7. The first-order chi connectivity index (χ1) is 12.0. The molecule has 0 aliphatic carbocycles. The predicted octanol–water partition coefficient (Wildman–Crippen LogP) is 1.92. The van der Waals surface area contributed by atoms with Crippen molar-refractivity contribution in [2.75, 3.05) is 33.4 Å². The molecule has 1 aromatic carbocycles. The molecule has 1 unspecified atom stereocenters. The van der Waals surface area contributed by atoms with Crippen LogP contribution in [0.15, 0.2) is 24.3 Å². The number of methoxy groups -OCH3 is 1. The summed E-state index contributed by atoms with van der Waals surface area (Å²) in [5.74, 6) is -0.410. The van der Waals surface area contributed by atoms with Gasteiger partial charge in [0.05, 0.1) is 30.8 Å². The van der Waals surface area contributed by atoms with Crippen molar-refractivity contribution in [3.8, 4) is 0 Å². The van der Waals surface area contributed by atoms with Crippen LogP contribution in [0.4, 0.5) is 4.39 Å². The lowest BCUT2D eigenvalue weighted by molar-refractivity contribution is -0.192. The van der Waals surface area contributed by atoms with Crippen molar-refractivity contribution >= 4 is 5.91 Å². The van der Waals surface area contributed by atoms with Crippen molar-refractivity contribution in [3.63, 3.8) is 0 Å². The average molecular weight is 351 g/mol. The molecule has 2 aliphatic rings. The smallest absolute Gasteiger partial charge is 0.227 e. The third kappa shape index (κ3) is 4.19. The molecule has 1 amide bonds. The summed E-state index contributed by atoms with van der Waals surface area (Å²) in [6.45, 7) is 1.93. The maximum atomic E-state index is 13.7. The van der Waals surface area contributed by atoms with Gasteiger partial charge in [-0.2, -0.15) is 0 Å². The molecule has 6 heteroatoms. The summed E-state index contributed by atoms with van der Waals surface area (Å²) in [6, 6.07) is 6.38. The van der Waals surface area contributed by atoms with Crippen LogP contribution in [0.1, 0.15) is 31.2 Å². The number of aliphatic hydroxyl groups is 1. The highest BCUT2D eigenvalue weighted by Crippen LogP contribution is 2.39. The first-order valence-corrected chi connectivity index (χ1v) is 8.82. The summed E-state index contributed by atoms with van der Waals surface area (Å²) >= 11 is 0. The van der Waals surface area contributed by atoms with Crippen molar-refractivity contribution in [1.29, 1.82) is 0 Å². The lowest BCUT2D eigenvalue weighted by Crippen LogP contribution is -2.56. The highest BCUT2D eigenvalue weighted by Gasteiger charge is 2.46. The third-order valence-corrected chi connectivity index (χ3v) is 5.37. The van der Waals surface area contributed by atoms with E-state index in [1.54, 1.807) is 30.2 Å². The summed E-state index contributed by atoms with van der Waals surface area (Å²) < 4.78 is 24.9. The van der Waals surface area contributed by atoms with Crippen LogP contribution in [-0.4, -0.2) is 60.5 Å². The number of halogens is 1. The standard InChI is InChI=1S/C19H26FNO4/c1-24-14-18(23)8-11-25-19(13-18)6-9-21(10-7-19)17(22)12-15-4-2-3-5-16(15)20/h2-5,23H,6-14H2,1H3. The minimum Gasteiger partial charge on any atom is -0.387 e. The number of carbonyl (C=O) groups excluding carboxylic acids is 1. The Hall–Kier alpha value is -1.50. The molecule has 2 saturated heterocycles. The Morgan fingerprint density at radius 1 is 1.32 bits per heavy atom. The largest absolute Gasteiger partial charge is 0.387 e. The lowest BCUT2D eigenvalue weighted by Gasteiger charge is -2.49. The number of piperidine rings is 1. The quantitative estimate of drug-likeness (QED) is 0.900. The van der Waals surface area contributed by atoms with Crippen LogP contribution in [0, 0.1) is 5.82 Å². The van der Waals surface area contributed by atoms with Gasteiger partial charge >= 0.3 is 0 Å². The van der Waals surface area contributed by atoms with E-state index in [0.29, 0.717) is 57.6 Å². The van der Waals surface area contributed by atoms with Crippen LogP contribution in [0.3, 0.4) is 0 Å². The molecule has 138 valence electrons. The second-order valence-corrected chi connectivity index (χ2v) is 7.26. The topological polar surface area (TPSA) is 59.0 Å². The van der Waals surface area contributed by atoms with E-state index in [0.717, 1.165) is 0 Å². The number of carbonyl (C=O) groups is 1. The summed E-state index contributed by atoms with van der Waals surface area (Å²) in [4.78, 5) is 14.2. The van der Waals surface area contributed by atoms with E-state index >= 15 is 0 Å². The number of benzene rings is 1. The molecule has 1 spiro atoms. The zero-order chi connectivity index (χ0) is 17.9. The average Bonchev–Trinajstić information content (AvgIpc) is 2.57. The van der Waals surface area contributed by atoms with Gasteiger partial charge in [0.15, 0.2) is 0 Å². The summed E-state index contributed by atoms with van der Waals surface area (Å²) in [7, 11) is 1.59. The molecule has 0 bridgehead atoms. The highest BCUT2D eigenvalue weighted by atomic mass is 19.1. The molecule has 2 aliphatic heterocycles. The second kappa shape index (κ2) is 7.40. The predicted molar refractivity (Wildman–Crippen MR) is 90.7 cm³/mol. The molecule has 0 saturated carbocycles. The molecule has 25 heavy (non-hydrogen) atoms. The van der Waals surface area contributed by atoms with Gasteiger partial charge in [-0.3, -0.25) is 4.79 Å². The van der Waals surface area contributed by atoms with E-state index in [1.807, 2.05) is 0 Å². The van der Waals surface area contributed by atoms with Gasteiger partial charge in [-0.05, 0) is 24.5 Å². The Morgan fingerprint density at radius 2 is 2.04 bits per heavy atom. The Labute approximate surface area is 147 Å². The van der Waals surface area contributed by atoms with Crippen LogP contribution in [0.2, 0.25) is 0 Å². The van der Waals surface area contributed by atoms with Gasteiger partial charge in [0, 0.05) is 33.0 Å². The molecule has 2 fully saturated rings. The molecule has 1 atom stereocenters. The van der Waals surface area contributed by atoms with E-state index < -0.39 is 5.60 Å². The minimum atomic E-state index is -0.855. The molecule has 2 heterocycles. The van der Waals surface area contributed by atoms with Crippen molar-refractivity contribution in [2.45, 2.75) is 43.3 Å². The number of amides is 1. The Balaban J connectivity index is 1.58. The van der Waals surface area contributed by atoms with Gasteiger partial charge < -0.3 is 19.5 Å². The van der Waals surface area contributed by atoms with Gasteiger partial charge in [-0.1, -0.05) is 18.2 Å². The third-order valence-electron chi connectivity index (χ3n) is 5.37. The fourth-order valence-electron chi connectivity index (χ4n) is 3.99. The monoisotopic (exact) mass is 351 g/mol. The van der Waals surface area contributed by atoms with Gasteiger partial charge in [0.2, 0.25) is 5.91 Å². The molecular formula is C19H26FNO4. The van der Waals surface area contributed by atoms with Gasteiger partial charge in [0.25, 0.3) is 0 Å². The highest BCUT2D eigenvalue weighted by molar-refractivity contribution is 5.79. The van der Waals surface area contributed by atoms with Gasteiger partial charge in [0.1, 0.15) is 5.82 Å². The summed E-state index contributed by atoms with van der Waals surface area (Å²) in [6.07, 6.45) is 2.54. The maximum Gasteiger partial charge on any atom is 0.227 e. The molecule has 0 aromatic heterocycles. The molecule has 5 nitrogen and oxygen atoms in total. The van der Waals surface area contributed by atoms with Crippen LogP contribution in [0.5, 0.6) is 0 Å². The number of ether oxygens (including phenoxy) is 2. The van der Waals surface area contributed by atoms with Crippen molar-refractivity contribution in [3.05, 3.63) is 35.6 Å². The lowest BCUT2D eigenvalue weighted by atomic mass is 9.77. The Bertz CT molecular complexity index is 611. The Kier molecular flexibility index (Phi) is 5.41. The molecule has 0 radical (unpaired) electrons. The second-order valence-electron chi connectivity index (χ2n) is 7.26. The maximum absolute atomic E-state index is 13.7. The van der Waals surface area contributed by atoms with Crippen LogP contribution >= 0.6 is 0 Å². The molecule has 1 N–H and O–H groups in total. The zero-order valence-electron chi connectivity index (χ0n) is 14.7. The number of nitrogens with zero attached hydrogens (tertiary/aromatic N) is 1. The summed E-state index contributed by atoms with van der Waals surface area (Å²) in [5, 5.41) is 10.7. The first-order valence-electron chi connectivity index (χ1n) is 8.82. The number of hydrogen-bond acceptors (Lipinski definition) is 4. The number of rotatable bonds is 4. The molecule has 3 rings (SSSR count). The van der Waals surface area contributed by atoms with Crippen molar-refractivity contribution < 1.29 is 23.8 Å². The van der Waals surface area contributed by atoms with Crippen LogP contribution in [-0.2, 0) is 20.7 Å². The fraction of sp³-hybridized carbons (Fsp3) is 0.632. The first kappa shape index (κ1) is 18.3. The van der Waals surface area contributed by atoms with Gasteiger partial charge in [-0.25, -0.2) is 4.39 Å². The van der Waals surface area contributed by atoms with E-state index in [4.69, 9.17) is 9.47 Å². The van der Waals surface area contributed by atoms with E-state index in [9.17, 15) is 14.3 Å². The van der Waals surface area contributed by atoms with E-state index in [-0.39, 0.29) is 23.7 Å².